The average Bonchev–Trinajstić information content (AvgIpc) is 3.36. The summed E-state index contributed by atoms with van der Waals surface area (Å²) in [4.78, 5) is 30.7. The second-order valence-corrected chi connectivity index (χ2v) is 7.16. The number of imidazole rings is 1. The van der Waals surface area contributed by atoms with Crippen LogP contribution in [0.4, 0.5) is 0 Å². The molecule has 0 amide bonds. The van der Waals surface area contributed by atoms with Crippen molar-refractivity contribution < 1.29 is 4.74 Å². The number of rotatable bonds is 5. The molecule has 1 aliphatic rings. The van der Waals surface area contributed by atoms with Gasteiger partial charge in [0.2, 0.25) is 0 Å². The van der Waals surface area contributed by atoms with Gasteiger partial charge in [0.25, 0.3) is 5.56 Å². The predicted molar refractivity (Wildman–Crippen MR) is 99.3 cm³/mol. The zero-order valence-electron chi connectivity index (χ0n) is 15.2. The Bertz CT molecular complexity index is 1090. The molecule has 2 heterocycles. The summed E-state index contributed by atoms with van der Waals surface area (Å²) >= 11 is 0. The molecule has 0 unspecified atom stereocenters. The summed E-state index contributed by atoms with van der Waals surface area (Å²) in [6, 6.07) is 7.27. The normalized spacial score (nSPS) is 14.3. The van der Waals surface area contributed by atoms with E-state index in [1.54, 1.807) is 19.5 Å². The number of hydrogen-bond acceptors (Lipinski definition) is 4. The number of para-hydroxylation sites is 2. The lowest BCUT2D eigenvalue weighted by molar-refractivity contribution is 0.412. The topological polar surface area (TPSA) is 71.1 Å². The van der Waals surface area contributed by atoms with Crippen LogP contribution in [-0.4, -0.2) is 25.8 Å². The van der Waals surface area contributed by atoms with Crippen LogP contribution < -0.4 is 16.0 Å². The van der Waals surface area contributed by atoms with E-state index in [0.717, 1.165) is 12.8 Å². The molecule has 1 saturated carbocycles. The molecule has 2 aromatic heterocycles. The molecule has 136 valence electrons. The molecule has 4 rings (SSSR count). The molecule has 0 aliphatic heterocycles. The van der Waals surface area contributed by atoms with Crippen LogP contribution in [0.2, 0.25) is 0 Å². The Morgan fingerprint density at radius 3 is 2.62 bits per heavy atom. The molecule has 0 bridgehead atoms. The van der Waals surface area contributed by atoms with Crippen molar-refractivity contribution in [3.63, 3.8) is 0 Å². The molecule has 0 spiro atoms. The Kier molecular flexibility index (Phi) is 3.94. The molecule has 1 aromatic carbocycles. The van der Waals surface area contributed by atoms with Gasteiger partial charge in [-0.1, -0.05) is 26.0 Å². The fourth-order valence-corrected chi connectivity index (χ4v) is 3.37. The molecular formula is C19H22N4O3. The highest BCUT2D eigenvalue weighted by Crippen LogP contribution is 2.33. The van der Waals surface area contributed by atoms with Crippen LogP contribution in [0.25, 0.3) is 16.9 Å². The molecule has 0 saturated heterocycles. The van der Waals surface area contributed by atoms with Gasteiger partial charge in [-0.2, -0.15) is 0 Å². The molecule has 1 fully saturated rings. The Morgan fingerprint density at radius 1 is 1.23 bits per heavy atom. The van der Waals surface area contributed by atoms with E-state index < -0.39 is 0 Å². The first-order chi connectivity index (χ1) is 12.5. The second-order valence-electron chi connectivity index (χ2n) is 7.16. The Hall–Kier alpha value is -2.83. The monoisotopic (exact) mass is 354 g/mol. The van der Waals surface area contributed by atoms with E-state index in [1.165, 1.54) is 9.13 Å². The highest BCUT2D eigenvalue weighted by Gasteiger charge is 2.31. The van der Waals surface area contributed by atoms with E-state index in [9.17, 15) is 9.59 Å². The summed E-state index contributed by atoms with van der Waals surface area (Å²) < 4.78 is 10.2. The maximum atomic E-state index is 13.2. The van der Waals surface area contributed by atoms with Crippen LogP contribution >= 0.6 is 0 Å². The zero-order chi connectivity index (χ0) is 18.4. The van der Waals surface area contributed by atoms with Gasteiger partial charge in [0.15, 0.2) is 11.2 Å². The first kappa shape index (κ1) is 16.6. The molecule has 0 radical (unpaired) electrons. The minimum atomic E-state index is -0.357. The van der Waals surface area contributed by atoms with Gasteiger partial charge in [-0.25, -0.2) is 14.3 Å². The minimum Gasteiger partial charge on any atom is -0.495 e. The van der Waals surface area contributed by atoms with Crippen LogP contribution in [-0.2, 0) is 6.54 Å². The van der Waals surface area contributed by atoms with E-state index in [4.69, 9.17) is 4.74 Å². The lowest BCUT2D eigenvalue weighted by Crippen LogP contribution is -2.39. The Morgan fingerprint density at radius 2 is 1.96 bits per heavy atom. The van der Waals surface area contributed by atoms with E-state index in [0.29, 0.717) is 35.1 Å². The fourth-order valence-electron chi connectivity index (χ4n) is 3.37. The van der Waals surface area contributed by atoms with E-state index in [2.05, 4.69) is 18.8 Å². The first-order valence-corrected chi connectivity index (χ1v) is 8.88. The van der Waals surface area contributed by atoms with Gasteiger partial charge in [-0.3, -0.25) is 9.36 Å². The molecule has 1 aliphatic carbocycles. The average molecular weight is 354 g/mol. The van der Waals surface area contributed by atoms with Crippen molar-refractivity contribution >= 4 is 11.2 Å². The number of benzene rings is 1. The predicted octanol–water partition coefficient (Wildman–Crippen LogP) is 2.35. The van der Waals surface area contributed by atoms with Crippen LogP contribution in [0.3, 0.4) is 0 Å². The van der Waals surface area contributed by atoms with Gasteiger partial charge in [0.1, 0.15) is 5.75 Å². The highest BCUT2D eigenvalue weighted by atomic mass is 16.5. The number of aromatic nitrogens is 4. The van der Waals surface area contributed by atoms with Crippen molar-refractivity contribution in [2.45, 2.75) is 39.3 Å². The maximum absolute atomic E-state index is 13.2. The van der Waals surface area contributed by atoms with E-state index in [1.807, 2.05) is 22.8 Å². The van der Waals surface area contributed by atoms with Gasteiger partial charge in [0.05, 0.1) is 19.1 Å². The summed E-state index contributed by atoms with van der Waals surface area (Å²) in [7, 11) is 1.56. The van der Waals surface area contributed by atoms with Crippen LogP contribution in [0.1, 0.15) is 32.7 Å². The van der Waals surface area contributed by atoms with Crippen LogP contribution in [0.5, 0.6) is 5.75 Å². The summed E-state index contributed by atoms with van der Waals surface area (Å²) in [5.41, 5.74) is 0.827. The molecule has 0 atom stereocenters. The van der Waals surface area contributed by atoms with Crippen molar-refractivity contribution in [1.82, 2.24) is 18.7 Å². The summed E-state index contributed by atoms with van der Waals surface area (Å²) in [5.74, 6) is 0.920. The molecule has 3 aromatic rings. The summed E-state index contributed by atoms with van der Waals surface area (Å²) in [6.07, 6.45) is 3.35. The largest absolute Gasteiger partial charge is 0.495 e. The van der Waals surface area contributed by atoms with Crippen molar-refractivity contribution in [2.75, 3.05) is 7.11 Å². The van der Waals surface area contributed by atoms with E-state index >= 15 is 0 Å². The van der Waals surface area contributed by atoms with Crippen LogP contribution in [0, 0.1) is 5.92 Å². The molecule has 7 heteroatoms. The third-order valence-electron chi connectivity index (χ3n) is 4.65. The minimum absolute atomic E-state index is 0.0252. The molecular weight excluding hydrogens is 332 g/mol. The number of nitrogens with zero attached hydrogens (tertiary/aromatic N) is 4. The third-order valence-corrected chi connectivity index (χ3v) is 4.65. The van der Waals surface area contributed by atoms with Gasteiger partial charge in [0, 0.05) is 12.6 Å². The number of fused-ring (bicyclic) bond motifs is 1. The lowest BCUT2D eigenvalue weighted by atomic mass is 10.2. The lowest BCUT2D eigenvalue weighted by Gasteiger charge is -2.15. The molecule has 26 heavy (non-hydrogen) atoms. The summed E-state index contributed by atoms with van der Waals surface area (Å²) in [5, 5.41) is 0. The number of ether oxygens (including phenoxy) is 1. The first-order valence-electron chi connectivity index (χ1n) is 8.88. The molecule has 0 N–H and O–H groups in total. The van der Waals surface area contributed by atoms with Gasteiger partial charge in [-0.05, 0) is 30.9 Å². The van der Waals surface area contributed by atoms with Crippen molar-refractivity contribution in [3.8, 4) is 11.4 Å². The zero-order valence-corrected chi connectivity index (χ0v) is 15.2. The van der Waals surface area contributed by atoms with Crippen molar-refractivity contribution in [2.24, 2.45) is 5.92 Å². The van der Waals surface area contributed by atoms with Crippen molar-refractivity contribution in [1.29, 1.82) is 0 Å². The Labute approximate surface area is 150 Å². The SMILES string of the molecule is COc1ccccc1-n1c(=O)n(C2CC2)c(=O)c2c1ncn2CC(C)C. The quantitative estimate of drug-likeness (QED) is 0.705. The smallest absolute Gasteiger partial charge is 0.337 e. The fraction of sp³-hybridized carbons (Fsp3) is 0.421. The van der Waals surface area contributed by atoms with Crippen LogP contribution in [0.15, 0.2) is 40.2 Å². The maximum Gasteiger partial charge on any atom is 0.337 e. The van der Waals surface area contributed by atoms with Crippen molar-refractivity contribution in [3.05, 3.63) is 51.4 Å². The van der Waals surface area contributed by atoms with Gasteiger partial charge >= 0.3 is 5.69 Å². The third kappa shape index (κ3) is 2.55. The number of hydrogen-bond donors (Lipinski definition) is 0. The molecule has 7 nitrogen and oxygen atoms in total. The van der Waals surface area contributed by atoms with E-state index in [-0.39, 0.29) is 17.3 Å². The Balaban J connectivity index is 2.11. The standard InChI is InChI=1S/C19H22N4O3/c1-12(2)10-21-11-20-17-16(21)18(24)22(13-8-9-13)19(25)23(17)14-6-4-5-7-15(14)26-3/h4-7,11-13H,8-10H2,1-3H3. The highest BCUT2D eigenvalue weighted by molar-refractivity contribution is 5.73. The van der Waals surface area contributed by atoms with Gasteiger partial charge < -0.3 is 9.30 Å². The second kappa shape index (κ2) is 6.16. The van der Waals surface area contributed by atoms with Gasteiger partial charge in [-0.15, -0.1) is 0 Å². The summed E-state index contributed by atoms with van der Waals surface area (Å²) in [6.45, 7) is 4.84. The number of methoxy groups -OCH3 is 1.